The van der Waals surface area contributed by atoms with E-state index < -0.39 is 15.7 Å². The molecule has 0 aliphatic heterocycles. The van der Waals surface area contributed by atoms with E-state index in [9.17, 15) is 18.5 Å². The number of nitrogens with one attached hydrogen (secondary N) is 1. The quantitative estimate of drug-likeness (QED) is 0.245. The molecule has 3 rings (SSSR count). The molecule has 0 saturated carbocycles. The van der Waals surface area contributed by atoms with Gasteiger partial charge in [-0.3, -0.25) is 10.1 Å². The van der Waals surface area contributed by atoms with Crippen LogP contribution in [0.15, 0.2) is 53.2 Å². The van der Waals surface area contributed by atoms with Crippen molar-refractivity contribution in [3.8, 4) is 17.6 Å². The average molecular weight is 513 g/mol. The van der Waals surface area contributed by atoms with E-state index in [2.05, 4.69) is 14.7 Å². The van der Waals surface area contributed by atoms with Crippen LogP contribution in [-0.4, -0.2) is 43.2 Å². The lowest BCUT2D eigenvalue weighted by Crippen LogP contribution is -2.13. The molecule has 0 saturated heterocycles. The summed E-state index contributed by atoms with van der Waals surface area (Å²) < 4.78 is 38.2. The van der Waals surface area contributed by atoms with E-state index >= 15 is 0 Å². The van der Waals surface area contributed by atoms with Gasteiger partial charge in [-0.05, 0) is 54.8 Å². The van der Waals surface area contributed by atoms with Crippen LogP contribution in [0.25, 0.3) is 6.08 Å². The predicted molar refractivity (Wildman–Crippen MR) is 133 cm³/mol. The molecule has 9 nitrogen and oxygen atoms in total. The first-order chi connectivity index (χ1) is 16.7. The zero-order valence-electron chi connectivity index (χ0n) is 19.4. The number of aryl methyl sites for hydroxylation is 2. The number of hydrogen-bond acceptors (Lipinski definition) is 9. The van der Waals surface area contributed by atoms with Gasteiger partial charge in [0.25, 0.3) is 11.1 Å². The molecule has 3 aromatic rings. The molecule has 0 unspecified atom stereocenters. The van der Waals surface area contributed by atoms with Gasteiger partial charge in [0.05, 0.1) is 13.2 Å². The van der Waals surface area contributed by atoms with Crippen molar-refractivity contribution < 1.29 is 22.7 Å². The van der Waals surface area contributed by atoms with E-state index in [1.807, 2.05) is 38.1 Å². The summed E-state index contributed by atoms with van der Waals surface area (Å²) in [5, 5.41) is 11.4. The number of benzene rings is 2. The van der Waals surface area contributed by atoms with Gasteiger partial charge in [0.2, 0.25) is 15.0 Å². The third-order valence-electron chi connectivity index (χ3n) is 4.67. The Kier molecular flexibility index (Phi) is 8.57. The zero-order valence-corrected chi connectivity index (χ0v) is 21.1. The first-order valence-electron chi connectivity index (χ1n) is 10.6. The Morgan fingerprint density at radius 1 is 1.14 bits per heavy atom. The summed E-state index contributed by atoms with van der Waals surface area (Å²) in [5.74, 6) is 0.812. The van der Waals surface area contributed by atoms with Crippen LogP contribution in [0.2, 0.25) is 0 Å². The third kappa shape index (κ3) is 7.63. The van der Waals surface area contributed by atoms with Crippen molar-refractivity contribution in [3.63, 3.8) is 0 Å². The van der Waals surface area contributed by atoms with E-state index in [4.69, 9.17) is 9.47 Å². The molecule has 0 atom stereocenters. The maximum Gasteiger partial charge on any atom is 0.268 e. The normalized spacial score (nSPS) is 11.5. The van der Waals surface area contributed by atoms with Gasteiger partial charge in [0.1, 0.15) is 23.1 Å². The number of aromatic nitrogens is 2. The van der Waals surface area contributed by atoms with E-state index in [1.165, 1.54) is 6.08 Å². The molecule has 0 radical (unpaired) electrons. The second kappa shape index (κ2) is 11.6. The highest BCUT2D eigenvalue weighted by Crippen LogP contribution is 2.20. The van der Waals surface area contributed by atoms with Crippen molar-refractivity contribution in [3.05, 3.63) is 64.7 Å². The molecular formula is C24H24N4O5S2. The maximum atomic E-state index is 12.4. The van der Waals surface area contributed by atoms with E-state index in [0.717, 1.165) is 34.7 Å². The van der Waals surface area contributed by atoms with Gasteiger partial charge >= 0.3 is 0 Å². The van der Waals surface area contributed by atoms with Gasteiger partial charge in [0, 0.05) is 24.2 Å². The van der Waals surface area contributed by atoms with Crippen LogP contribution in [0.3, 0.4) is 0 Å². The smallest absolute Gasteiger partial charge is 0.268 e. The van der Waals surface area contributed by atoms with E-state index in [1.54, 1.807) is 24.3 Å². The maximum absolute atomic E-state index is 12.4. The van der Waals surface area contributed by atoms with Crippen LogP contribution in [-0.2, 0) is 14.6 Å². The monoisotopic (exact) mass is 512 g/mol. The molecule has 0 aliphatic rings. The fraction of sp³-hybridized carbons (Fsp3) is 0.250. The Morgan fingerprint density at radius 3 is 2.51 bits per heavy atom. The third-order valence-corrected chi connectivity index (χ3v) is 6.27. The molecule has 35 heavy (non-hydrogen) atoms. The number of sulfone groups is 1. The molecule has 1 heterocycles. The summed E-state index contributed by atoms with van der Waals surface area (Å²) in [4.78, 5) is 16.1. The number of rotatable bonds is 10. The fourth-order valence-electron chi connectivity index (χ4n) is 2.85. The molecule has 11 heteroatoms. The van der Waals surface area contributed by atoms with E-state index in [-0.39, 0.29) is 15.9 Å². The Balaban J connectivity index is 1.50. The highest BCUT2D eigenvalue weighted by Gasteiger charge is 2.17. The summed E-state index contributed by atoms with van der Waals surface area (Å²) in [6.45, 7) is 5.04. The van der Waals surface area contributed by atoms with Gasteiger partial charge in [-0.1, -0.05) is 24.3 Å². The highest BCUT2D eigenvalue weighted by molar-refractivity contribution is 7.90. The summed E-state index contributed by atoms with van der Waals surface area (Å²) in [7, 11) is -3.58. The number of nitrogens with zero attached hydrogens (tertiary/aromatic N) is 3. The number of anilines is 1. The summed E-state index contributed by atoms with van der Waals surface area (Å²) in [6, 6.07) is 14.9. The Bertz CT molecular complexity index is 1370. The van der Waals surface area contributed by atoms with E-state index in [0.29, 0.717) is 30.9 Å². The lowest BCUT2D eigenvalue weighted by Gasteiger charge is -2.11. The number of nitriles is 1. The number of hydrogen-bond donors (Lipinski definition) is 1. The van der Waals surface area contributed by atoms with Gasteiger partial charge < -0.3 is 9.47 Å². The molecule has 1 N–H and O–H groups in total. The minimum absolute atomic E-state index is 0.0122. The predicted octanol–water partition coefficient (Wildman–Crippen LogP) is 3.95. The largest absolute Gasteiger partial charge is 0.493 e. The first kappa shape index (κ1) is 25.9. The van der Waals surface area contributed by atoms with Gasteiger partial charge in [0.15, 0.2) is 0 Å². The number of carbonyl (C=O) groups excluding carboxylic acids is 1. The SMILES string of the molecule is Cc1ccc(C)c(OCCCOc2ccc(/C=C(/C#N)C(=O)Nc3nc(S(C)(=O)=O)ns3)cc2)c1. The van der Waals surface area contributed by atoms with Gasteiger partial charge in [-0.25, -0.2) is 8.42 Å². The van der Waals surface area contributed by atoms with Crippen molar-refractivity contribution in [1.82, 2.24) is 9.36 Å². The molecule has 2 aromatic carbocycles. The standard InChI is InChI=1S/C24H24N4O5S2/c1-16-5-6-17(2)21(13-16)33-12-4-11-32-20-9-7-18(8-10-20)14-19(15-25)22(29)26-23-27-24(28-34-23)35(3,30)31/h5-10,13-14H,4,11-12H2,1-3H3,(H,26,27,28,29)/b19-14-. The number of ether oxygens (including phenoxy) is 2. The number of carbonyl (C=O) groups is 1. The Labute approximate surface area is 208 Å². The molecule has 1 aromatic heterocycles. The molecule has 0 bridgehead atoms. The minimum atomic E-state index is -3.58. The molecular weight excluding hydrogens is 488 g/mol. The van der Waals surface area contributed by atoms with Crippen LogP contribution >= 0.6 is 11.5 Å². The topological polar surface area (TPSA) is 131 Å². The highest BCUT2D eigenvalue weighted by atomic mass is 32.2. The van der Waals surface area contributed by atoms with Crippen molar-refractivity contribution in [2.75, 3.05) is 24.8 Å². The second-order valence-electron chi connectivity index (χ2n) is 7.67. The summed E-state index contributed by atoms with van der Waals surface area (Å²) >= 11 is 0.717. The van der Waals surface area contributed by atoms with Crippen molar-refractivity contribution in [2.24, 2.45) is 0 Å². The van der Waals surface area contributed by atoms with Crippen LogP contribution < -0.4 is 14.8 Å². The average Bonchev–Trinajstić information content (AvgIpc) is 3.29. The zero-order chi connectivity index (χ0) is 25.4. The molecule has 0 spiro atoms. The molecule has 182 valence electrons. The van der Waals surface area contributed by atoms with Crippen LogP contribution in [0.4, 0.5) is 5.13 Å². The molecule has 0 fully saturated rings. The van der Waals surface area contributed by atoms with Crippen LogP contribution in [0, 0.1) is 25.2 Å². The van der Waals surface area contributed by atoms with Gasteiger partial charge in [-0.2, -0.15) is 14.6 Å². The minimum Gasteiger partial charge on any atom is -0.493 e. The first-order valence-corrected chi connectivity index (χ1v) is 13.2. The van der Waals surface area contributed by atoms with Crippen LogP contribution in [0.5, 0.6) is 11.5 Å². The Hall–Kier alpha value is -3.75. The summed E-state index contributed by atoms with van der Waals surface area (Å²) in [6.07, 6.45) is 3.09. The van der Waals surface area contributed by atoms with Gasteiger partial charge in [-0.15, -0.1) is 0 Å². The summed E-state index contributed by atoms with van der Waals surface area (Å²) in [5.41, 5.74) is 2.69. The lowest BCUT2D eigenvalue weighted by molar-refractivity contribution is -0.112. The fourth-order valence-corrected chi connectivity index (χ4v) is 4.28. The van der Waals surface area contributed by atoms with Crippen LogP contribution in [0.1, 0.15) is 23.1 Å². The lowest BCUT2D eigenvalue weighted by atomic mass is 10.1. The van der Waals surface area contributed by atoms with Crippen molar-refractivity contribution in [2.45, 2.75) is 25.4 Å². The Morgan fingerprint density at radius 2 is 1.86 bits per heavy atom. The van der Waals surface area contributed by atoms with Crippen molar-refractivity contribution in [1.29, 1.82) is 5.26 Å². The van der Waals surface area contributed by atoms with Crippen molar-refractivity contribution >= 4 is 38.5 Å². The molecule has 1 amide bonds. The molecule has 0 aliphatic carbocycles. The second-order valence-corrected chi connectivity index (χ2v) is 10.3. The number of amides is 1.